The summed E-state index contributed by atoms with van der Waals surface area (Å²) < 4.78 is 0. The highest BCUT2D eigenvalue weighted by Gasteiger charge is 2.25. The van der Waals surface area contributed by atoms with Gasteiger partial charge in [-0.05, 0) is 37.1 Å². The minimum Gasteiger partial charge on any atom is -0.396 e. The maximum absolute atomic E-state index is 11.7. The number of nitrogens with one attached hydrogen (secondary N) is 1. The number of benzene rings is 1. The second-order valence-electron chi connectivity index (χ2n) is 5.44. The van der Waals surface area contributed by atoms with E-state index in [0.717, 1.165) is 48.2 Å². The highest BCUT2D eigenvalue weighted by molar-refractivity contribution is 5.97. The van der Waals surface area contributed by atoms with E-state index >= 15 is 0 Å². The number of nitrogens with zero attached hydrogens (tertiary/aromatic N) is 2. The van der Waals surface area contributed by atoms with Crippen molar-refractivity contribution in [3.8, 4) is 0 Å². The van der Waals surface area contributed by atoms with Crippen LogP contribution >= 0.6 is 0 Å². The fourth-order valence-electron chi connectivity index (χ4n) is 3.03. The summed E-state index contributed by atoms with van der Waals surface area (Å²) in [6, 6.07) is 7.94. The molecule has 1 aliphatic heterocycles. The Kier molecular flexibility index (Phi) is 3.64. The second-order valence-corrected chi connectivity index (χ2v) is 5.44. The van der Waals surface area contributed by atoms with Gasteiger partial charge in [-0.3, -0.25) is 9.78 Å². The van der Waals surface area contributed by atoms with Gasteiger partial charge in [0.05, 0.1) is 16.9 Å². The van der Waals surface area contributed by atoms with Crippen molar-refractivity contribution in [3.05, 3.63) is 30.5 Å². The lowest BCUT2D eigenvalue weighted by atomic mass is 9.95. The van der Waals surface area contributed by atoms with E-state index in [0.29, 0.717) is 0 Å². The van der Waals surface area contributed by atoms with Crippen molar-refractivity contribution in [2.45, 2.75) is 12.8 Å². The number of carbonyl (C=O) groups is 1. The van der Waals surface area contributed by atoms with E-state index in [2.05, 4.69) is 15.2 Å². The Hall–Kier alpha value is -2.30. The van der Waals surface area contributed by atoms with Crippen molar-refractivity contribution < 1.29 is 4.79 Å². The highest BCUT2D eigenvalue weighted by Crippen LogP contribution is 2.33. The molecule has 0 spiro atoms. The zero-order valence-corrected chi connectivity index (χ0v) is 12.2. The summed E-state index contributed by atoms with van der Waals surface area (Å²) in [7, 11) is 1.70. The van der Waals surface area contributed by atoms with Gasteiger partial charge >= 0.3 is 0 Å². The number of pyridine rings is 1. The quantitative estimate of drug-likeness (QED) is 0.825. The number of amides is 1. The summed E-state index contributed by atoms with van der Waals surface area (Å²) in [6.45, 7) is 1.71. The molecule has 0 unspecified atom stereocenters. The van der Waals surface area contributed by atoms with Gasteiger partial charge in [0.1, 0.15) is 0 Å². The first-order valence-corrected chi connectivity index (χ1v) is 7.30. The van der Waals surface area contributed by atoms with Crippen LogP contribution in [0.15, 0.2) is 30.5 Å². The summed E-state index contributed by atoms with van der Waals surface area (Å²) in [4.78, 5) is 18.3. The van der Waals surface area contributed by atoms with Crippen molar-refractivity contribution in [2.75, 3.05) is 30.8 Å². The van der Waals surface area contributed by atoms with Crippen molar-refractivity contribution in [1.82, 2.24) is 10.3 Å². The molecule has 5 nitrogen and oxygen atoms in total. The van der Waals surface area contributed by atoms with Crippen LogP contribution in [0.3, 0.4) is 0 Å². The topological polar surface area (TPSA) is 71.2 Å². The van der Waals surface area contributed by atoms with Crippen molar-refractivity contribution >= 4 is 28.2 Å². The Morgan fingerprint density at radius 2 is 2.10 bits per heavy atom. The molecule has 0 aliphatic carbocycles. The third-order valence-electron chi connectivity index (χ3n) is 4.26. The van der Waals surface area contributed by atoms with Gasteiger partial charge in [0.15, 0.2) is 0 Å². The molecule has 1 saturated heterocycles. The fourth-order valence-corrected chi connectivity index (χ4v) is 3.03. The fraction of sp³-hybridized carbons (Fsp3) is 0.375. The number of nitrogens with two attached hydrogens (primary N) is 1. The number of fused-ring (bicyclic) bond motifs is 1. The van der Waals surface area contributed by atoms with Crippen LogP contribution in [0.25, 0.3) is 10.9 Å². The summed E-state index contributed by atoms with van der Waals surface area (Å²) in [5.41, 5.74) is 9.05. The molecule has 1 aliphatic rings. The number of rotatable bonds is 2. The predicted molar refractivity (Wildman–Crippen MR) is 85.2 cm³/mol. The van der Waals surface area contributed by atoms with Crippen molar-refractivity contribution in [2.24, 2.45) is 5.92 Å². The van der Waals surface area contributed by atoms with Gasteiger partial charge in [-0.1, -0.05) is 0 Å². The first-order valence-electron chi connectivity index (χ1n) is 7.30. The summed E-state index contributed by atoms with van der Waals surface area (Å²) in [5.74, 6) is 0.264. The van der Waals surface area contributed by atoms with E-state index < -0.39 is 0 Å². The lowest BCUT2D eigenvalue weighted by molar-refractivity contribution is -0.125. The van der Waals surface area contributed by atoms with Gasteiger partial charge in [-0.15, -0.1) is 0 Å². The molecule has 21 heavy (non-hydrogen) atoms. The molecule has 1 aromatic carbocycles. The van der Waals surface area contributed by atoms with Gasteiger partial charge in [0.25, 0.3) is 0 Å². The number of carbonyl (C=O) groups excluding carboxylic acids is 1. The number of hydrogen-bond donors (Lipinski definition) is 2. The minimum atomic E-state index is 0.120. The normalized spacial score (nSPS) is 16.1. The van der Waals surface area contributed by atoms with Crippen LogP contribution in [0.1, 0.15) is 12.8 Å². The number of nitrogen functional groups attached to an aromatic ring is 1. The third-order valence-corrected chi connectivity index (χ3v) is 4.26. The average Bonchev–Trinajstić information content (AvgIpc) is 2.55. The zero-order chi connectivity index (χ0) is 14.8. The monoisotopic (exact) mass is 284 g/mol. The molecule has 3 rings (SSSR count). The lowest BCUT2D eigenvalue weighted by Gasteiger charge is -2.33. The molecule has 0 bridgehead atoms. The van der Waals surface area contributed by atoms with E-state index in [9.17, 15) is 4.79 Å². The Morgan fingerprint density at radius 1 is 1.33 bits per heavy atom. The summed E-state index contributed by atoms with van der Waals surface area (Å²) in [5, 5.41) is 3.72. The van der Waals surface area contributed by atoms with Gasteiger partial charge in [-0.2, -0.15) is 0 Å². The van der Waals surface area contributed by atoms with Crippen LogP contribution in [-0.4, -0.2) is 31.0 Å². The minimum absolute atomic E-state index is 0.120. The zero-order valence-electron chi connectivity index (χ0n) is 12.2. The standard InChI is InChI=1S/C16H20N4O/c1-18-16(21)11-6-9-20(10-7-11)14-5-4-13-12(15(14)17)3-2-8-19-13/h2-5,8,11H,6-7,9-10,17H2,1H3,(H,18,21). The van der Waals surface area contributed by atoms with E-state index in [1.807, 2.05) is 24.3 Å². The van der Waals surface area contributed by atoms with Gasteiger partial charge < -0.3 is 16.0 Å². The van der Waals surface area contributed by atoms with Crippen LogP contribution < -0.4 is 16.0 Å². The van der Waals surface area contributed by atoms with Crippen LogP contribution in [-0.2, 0) is 4.79 Å². The summed E-state index contributed by atoms with van der Waals surface area (Å²) >= 11 is 0. The number of hydrogen-bond acceptors (Lipinski definition) is 4. The van der Waals surface area contributed by atoms with Gasteiger partial charge in [0, 0.05) is 37.6 Å². The largest absolute Gasteiger partial charge is 0.396 e. The molecule has 0 atom stereocenters. The van der Waals surface area contributed by atoms with E-state index in [4.69, 9.17) is 5.73 Å². The molecule has 110 valence electrons. The number of anilines is 2. The summed E-state index contributed by atoms with van der Waals surface area (Å²) in [6.07, 6.45) is 3.50. The number of piperidine rings is 1. The first kappa shape index (κ1) is 13.7. The average molecular weight is 284 g/mol. The lowest BCUT2D eigenvalue weighted by Crippen LogP contribution is -2.39. The molecule has 3 N–H and O–H groups in total. The molecule has 1 aromatic heterocycles. The Balaban J connectivity index is 1.82. The SMILES string of the molecule is CNC(=O)C1CCN(c2ccc3ncccc3c2N)CC1. The third kappa shape index (κ3) is 2.51. The van der Waals surface area contributed by atoms with E-state index in [-0.39, 0.29) is 11.8 Å². The molecule has 1 amide bonds. The molecule has 0 radical (unpaired) electrons. The van der Waals surface area contributed by atoms with E-state index in [1.54, 1.807) is 13.2 Å². The smallest absolute Gasteiger partial charge is 0.222 e. The van der Waals surface area contributed by atoms with Crippen molar-refractivity contribution in [3.63, 3.8) is 0 Å². The van der Waals surface area contributed by atoms with E-state index in [1.165, 1.54) is 0 Å². The molecule has 0 saturated carbocycles. The van der Waals surface area contributed by atoms with Crippen LogP contribution in [0.2, 0.25) is 0 Å². The number of aromatic nitrogens is 1. The van der Waals surface area contributed by atoms with Crippen molar-refractivity contribution in [1.29, 1.82) is 0 Å². The first-order chi connectivity index (χ1) is 10.2. The Labute approximate surface area is 124 Å². The maximum atomic E-state index is 11.7. The highest BCUT2D eigenvalue weighted by atomic mass is 16.1. The predicted octanol–water partition coefficient (Wildman–Crippen LogP) is 1.78. The molecular formula is C16H20N4O. The van der Waals surface area contributed by atoms with Gasteiger partial charge in [-0.25, -0.2) is 0 Å². The maximum Gasteiger partial charge on any atom is 0.222 e. The molecule has 1 fully saturated rings. The van der Waals surface area contributed by atoms with Crippen LogP contribution in [0, 0.1) is 5.92 Å². The molecular weight excluding hydrogens is 264 g/mol. The Bertz CT molecular complexity index is 662. The van der Waals surface area contributed by atoms with Crippen LogP contribution in [0.5, 0.6) is 0 Å². The molecule has 2 aromatic rings. The second kappa shape index (κ2) is 5.60. The molecule has 5 heteroatoms. The Morgan fingerprint density at radius 3 is 2.81 bits per heavy atom. The molecule has 2 heterocycles. The van der Waals surface area contributed by atoms with Crippen LogP contribution in [0.4, 0.5) is 11.4 Å². The van der Waals surface area contributed by atoms with Gasteiger partial charge in [0.2, 0.25) is 5.91 Å².